The van der Waals surface area contributed by atoms with Crippen LogP contribution < -0.4 is 9.80 Å². The zero-order valence-electron chi connectivity index (χ0n) is 76.6. The van der Waals surface area contributed by atoms with Gasteiger partial charge in [-0.1, -0.05) is 182 Å². The van der Waals surface area contributed by atoms with Crippen molar-refractivity contribution >= 4 is 186 Å². The van der Waals surface area contributed by atoms with Crippen molar-refractivity contribution in [2.75, 3.05) is 9.80 Å². The summed E-state index contributed by atoms with van der Waals surface area (Å²) in [5, 5.41) is 9.96. The zero-order chi connectivity index (χ0) is 93.7. The molecule has 17 heteroatoms. The molecule has 144 heavy (non-hydrogen) atoms. The van der Waals surface area contributed by atoms with Crippen LogP contribution in [0.15, 0.2) is 468 Å². The Hall–Kier alpha value is -16.5. The van der Waals surface area contributed by atoms with Crippen molar-refractivity contribution in [1.29, 1.82) is 0 Å². The van der Waals surface area contributed by atoms with Crippen molar-refractivity contribution in [2.45, 2.75) is 0 Å². The molecule has 0 saturated carbocycles. The van der Waals surface area contributed by atoms with E-state index in [2.05, 4.69) is 412 Å². The number of aromatic nitrogens is 9. The first kappa shape index (κ1) is 88.9. The largest absolute Gasteiger partial charge is 2.00 e. The van der Waals surface area contributed by atoms with Gasteiger partial charge in [-0.3, -0.25) is 0 Å². The van der Waals surface area contributed by atoms with Gasteiger partial charge in [0.1, 0.15) is 5.82 Å². The van der Waals surface area contributed by atoms with Gasteiger partial charge in [0.05, 0.1) is 44.1 Å². The van der Waals surface area contributed by atoms with E-state index in [1.807, 2.05) is 162 Å². The molecule has 0 radical (unpaired) electrons. The molecule has 684 valence electrons. The topological polar surface area (TPSA) is 90.7 Å². The fourth-order valence-electron chi connectivity index (χ4n) is 20.2. The van der Waals surface area contributed by atoms with Crippen molar-refractivity contribution in [2.24, 2.45) is 0 Å². The molecule has 0 amide bonds. The van der Waals surface area contributed by atoms with Gasteiger partial charge >= 0.3 is 42.1 Å². The van der Waals surface area contributed by atoms with Crippen LogP contribution in [0.25, 0.3) is 216 Å². The molecule has 0 spiro atoms. The third-order valence-electron chi connectivity index (χ3n) is 26.7. The minimum Gasteiger partial charge on any atom is -0.346 e. The Morgan fingerprint density at radius 1 is 0.201 bits per heavy atom. The van der Waals surface area contributed by atoms with E-state index in [0.29, 0.717) is 0 Å². The molecule has 0 atom stereocenters. The van der Waals surface area contributed by atoms with E-state index in [-0.39, 0.29) is 42.1 Å². The molecule has 0 bridgehead atoms. The third kappa shape index (κ3) is 16.1. The third-order valence-corrected chi connectivity index (χ3v) is 31.5. The van der Waals surface area contributed by atoms with Gasteiger partial charge < -0.3 is 48.0 Å². The first-order valence-electron chi connectivity index (χ1n) is 47.1. The van der Waals surface area contributed by atoms with E-state index < -0.39 is 0 Å². The zero-order valence-corrected chi connectivity index (χ0v) is 84.5. The van der Waals surface area contributed by atoms with Crippen molar-refractivity contribution in [3.8, 4) is 110 Å². The number of thiophene rings is 4. The summed E-state index contributed by atoms with van der Waals surface area (Å²) in [5.74, 6) is 0.755. The van der Waals surface area contributed by atoms with E-state index in [1.54, 1.807) is 11.3 Å². The number of rotatable bonds is 18. The molecule has 0 fully saturated rings. The van der Waals surface area contributed by atoms with Crippen molar-refractivity contribution in [1.82, 2.24) is 43.2 Å². The summed E-state index contributed by atoms with van der Waals surface area (Å²) in [7, 11) is 0. The molecule has 11 nitrogen and oxygen atoms in total. The Bertz CT molecular complexity index is 8880. The summed E-state index contributed by atoms with van der Waals surface area (Å²) >= 11 is 7.36. The number of fused-ring (bicyclic) bond motifs is 14. The fraction of sp³-hybridized carbons (Fsp3) is 0. The average molecular weight is 2280 g/mol. The van der Waals surface area contributed by atoms with Crippen LogP contribution in [-0.4, -0.2) is 43.2 Å². The molecule has 28 rings (SSSR count). The molecule has 0 unspecified atom stereocenters. The first-order chi connectivity index (χ1) is 70.4. The normalized spacial score (nSPS) is 11.5. The van der Waals surface area contributed by atoms with Crippen LogP contribution in [0.4, 0.5) is 34.3 Å². The predicted octanol–water partition coefficient (Wildman–Crippen LogP) is 34.8. The summed E-state index contributed by atoms with van der Waals surface area (Å²) < 4.78 is 14.8. The van der Waals surface area contributed by atoms with Gasteiger partial charge in [0.2, 0.25) is 0 Å². The summed E-state index contributed by atoms with van der Waals surface area (Å²) in [6.07, 6.45) is 9.24. The number of pyridine rings is 5. The second-order valence-corrected chi connectivity index (χ2v) is 39.5. The van der Waals surface area contributed by atoms with Crippen molar-refractivity contribution in [3.63, 3.8) is 0 Å². The second-order valence-electron chi connectivity index (χ2n) is 35.1. The van der Waals surface area contributed by atoms with Crippen LogP contribution in [0.2, 0.25) is 0 Å². The van der Waals surface area contributed by atoms with Gasteiger partial charge in [0.25, 0.3) is 0 Å². The number of hydrogen-bond donors (Lipinski definition) is 0. The maximum Gasteiger partial charge on any atom is 2.00 e. The molecule has 0 aliphatic heterocycles. The molecule has 0 aliphatic rings. The van der Waals surface area contributed by atoms with Crippen LogP contribution in [0.3, 0.4) is 0 Å². The number of benzene rings is 15. The molecule has 13 aromatic heterocycles. The Morgan fingerprint density at radius 2 is 0.493 bits per heavy atom. The molecule has 28 aromatic rings. The number of anilines is 6. The first-order valence-corrected chi connectivity index (χ1v) is 50.4. The summed E-state index contributed by atoms with van der Waals surface area (Å²) in [4.78, 5) is 32.8. The van der Waals surface area contributed by atoms with Crippen molar-refractivity contribution < 1.29 is 42.1 Å². The van der Waals surface area contributed by atoms with Gasteiger partial charge in [-0.15, -0.1) is 165 Å². The Labute approximate surface area is 874 Å². The molecular formula is C127H77N11Pt2S4. The maximum atomic E-state index is 5.12. The molecular weight excluding hydrogens is 2200 g/mol. The van der Waals surface area contributed by atoms with Crippen LogP contribution in [0.1, 0.15) is 0 Å². The van der Waals surface area contributed by atoms with Crippen molar-refractivity contribution in [3.05, 3.63) is 492 Å². The summed E-state index contributed by atoms with van der Waals surface area (Å²) in [6, 6.07) is 170. The number of para-hydroxylation sites is 6. The Kier molecular flexibility index (Phi) is 23.4. The molecule has 15 aromatic carbocycles. The van der Waals surface area contributed by atoms with Crippen LogP contribution >= 0.6 is 45.3 Å². The van der Waals surface area contributed by atoms with E-state index in [0.717, 1.165) is 108 Å². The monoisotopic (exact) mass is 2270 g/mol. The van der Waals surface area contributed by atoms with E-state index in [4.69, 9.17) is 4.98 Å². The van der Waals surface area contributed by atoms with E-state index >= 15 is 0 Å². The second kappa shape index (κ2) is 37.9. The van der Waals surface area contributed by atoms with Gasteiger partial charge in [-0.25, -0.2) is 4.98 Å². The smallest absolute Gasteiger partial charge is 0.346 e. The predicted molar refractivity (Wildman–Crippen MR) is 594 cm³/mol. The number of nitrogens with zero attached hydrogens (tertiary/aromatic N) is 11. The molecule has 0 N–H and O–H groups in total. The van der Waals surface area contributed by atoms with E-state index in [1.165, 1.54) is 142 Å². The average Bonchev–Trinajstić information content (AvgIpc) is 1.56. The minimum atomic E-state index is 0. The van der Waals surface area contributed by atoms with Gasteiger partial charge in [0.15, 0.2) is 0 Å². The maximum absolute atomic E-state index is 5.12. The quantitative estimate of drug-likeness (QED) is 0.0791. The number of hydrogen-bond acceptors (Lipinski definition) is 11. The SMILES string of the molecule is [Pt+2].[Pt+2].[c-]1c(-c2ccccn2)cccc1N(c1[c-]c(-c2ccccn2)ccc1)c1ccc(-c2cc3sc(-c4ccc5c(c4)c4cc6c7ccccc7n(-c7ccccc7)c6cc4n5-c4ccccc4)cc3s2)cc1.[c-]1c(-c2ccccn2)cccc1N(c1[c-]c(-c2ccccn2)ccc1)c1ccc(-c2cc3sc(-c4ccc5c(c4)c4cc6c7ccccc7n(-c7ccccc7)c6cc4n5-c4ccccc4)cc3s2)cn1. The van der Waals surface area contributed by atoms with Gasteiger partial charge in [0, 0.05) is 146 Å². The Balaban J connectivity index is 0.000000149. The van der Waals surface area contributed by atoms with Crippen LogP contribution in [0.5, 0.6) is 0 Å². The molecule has 0 saturated heterocycles. The van der Waals surface area contributed by atoms with E-state index in [9.17, 15) is 0 Å². The fourth-order valence-corrected chi connectivity index (χ4v) is 25.0. The van der Waals surface area contributed by atoms with Gasteiger partial charge in [-0.2, -0.15) is 0 Å². The Morgan fingerprint density at radius 3 is 0.833 bits per heavy atom. The van der Waals surface area contributed by atoms with Crippen LogP contribution in [-0.2, 0) is 42.1 Å². The molecule has 0 aliphatic carbocycles. The molecule has 13 heterocycles. The van der Waals surface area contributed by atoms with Crippen LogP contribution in [0, 0.1) is 24.3 Å². The van der Waals surface area contributed by atoms with Gasteiger partial charge in [-0.05, 0) is 244 Å². The minimum absolute atomic E-state index is 0. The summed E-state index contributed by atoms with van der Waals surface area (Å²) in [5.41, 5.74) is 30.4. The summed E-state index contributed by atoms with van der Waals surface area (Å²) in [6.45, 7) is 0. The standard InChI is InChI=1S/C64H39N5S2.C63H38N6S2.2Pt/c1-3-17-46(18-4-1)68-57-26-8-7-23-51(57)53-38-54-52-37-45(29-32-58(52)69(60(54)39-59(53)68)47-19-5-2-6-20-47)62-41-64-63(71-62)40-61(70-64)42-27-30-48(31-28-42)67(49-21-13-15-43(35-49)55-24-9-11-33-65-55)50-22-14-16-44(36-50)56-25-10-12-34-66-56;1-3-17-45(18-4-1)68-55-26-8-7-23-49(55)51-36-52-50-35-43(27-29-56(50)69(58(52)37-57(51)68)46-19-5-2-6-20-46)59-38-61-62(70-59)39-60(71-61)44-28-30-63(66-40-44)67(47-21-13-15-41(33-47)53-24-9-11-31-64-53)48-22-14-16-42(34-48)54-25-10-12-32-65-54;;/h1-34,37-41H;1-32,35-40H;;/q2*-2;2*+2.